The minimum Gasteiger partial charge on any atom is -0.481 e. The standard InChI is InChI=1S/C11H9ClFNO3/c12-8-3-5(1-2-9(8)13)14-10(15)6-4-7(6)11(16)17/h1-3,6-7H,4H2,(H,14,15)(H,16,17)/t6-,7+/m1/s1. The Morgan fingerprint density at radius 1 is 1.41 bits per heavy atom. The molecule has 1 saturated carbocycles. The molecular weight excluding hydrogens is 249 g/mol. The fourth-order valence-electron chi connectivity index (χ4n) is 1.57. The molecule has 2 N–H and O–H groups in total. The number of halogens is 2. The van der Waals surface area contributed by atoms with Crippen molar-refractivity contribution in [1.82, 2.24) is 0 Å². The van der Waals surface area contributed by atoms with Gasteiger partial charge >= 0.3 is 5.97 Å². The second-order valence-corrected chi connectivity index (χ2v) is 4.31. The number of hydrogen-bond donors (Lipinski definition) is 2. The van der Waals surface area contributed by atoms with Gasteiger partial charge in [0, 0.05) is 5.69 Å². The molecule has 0 spiro atoms. The number of carbonyl (C=O) groups is 2. The number of anilines is 1. The summed E-state index contributed by atoms with van der Waals surface area (Å²) in [4.78, 5) is 22.2. The number of nitrogens with one attached hydrogen (secondary N) is 1. The molecule has 0 aliphatic heterocycles. The van der Waals surface area contributed by atoms with Gasteiger partial charge in [-0.2, -0.15) is 0 Å². The maximum atomic E-state index is 12.9. The van der Waals surface area contributed by atoms with Gasteiger partial charge in [-0.05, 0) is 24.6 Å². The van der Waals surface area contributed by atoms with Crippen LogP contribution in [0.4, 0.5) is 10.1 Å². The highest BCUT2D eigenvalue weighted by molar-refractivity contribution is 6.31. The molecule has 0 saturated heterocycles. The zero-order valence-electron chi connectivity index (χ0n) is 8.61. The van der Waals surface area contributed by atoms with E-state index in [-0.39, 0.29) is 10.9 Å². The van der Waals surface area contributed by atoms with Crippen molar-refractivity contribution in [2.24, 2.45) is 11.8 Å². The highest BCUT2D eigenvalue weighted by Crippen LogP contribution is 2.39. The molecule has 4 nitrogen and oxygen atoms in total. The van der Waals surface area contributed by atoms with Crippen LogP contribution in [0, 0.1) is 17.7 Å². The molecule has 90 valence electrons. The quantitative estimate of drug-likeness (QED) is 0.872. The number of carboxylic acid groups (broad SMARTS) is 1. The first-order valence-corrected chi connectivity index (χ1v) is 5.35. The molecule has 0 unspecified atom stereocenters. The van der Waals surface area contributed by atoms with E-state index < -0.39 is 23.6 Å². The van der Waals surface area contributed by atoms with Gasteiger partial charge in [-0.15, -0.1) is 0 Å². The van der Waals surface area contributed by atoms with Crippen molar-refractivity contribution in [1.29, 1.82) is 0 Å². The maximum absolute atomic E-state index is 12.9. The lowest BCUT2D eigenvalue weighted by molar-refractivity contribution is -0.139. The van der Waals surface area contributed by atoms with Gasteiger partial charge in [-0.25, -0.2) is 4.39 Å². The van der Waals surface area contributed by atoms with Crippen molar-refractivity contribution in [3.63, 3.8) is 0 Å². The molecule has 0 aromatic heterocycles. The zero-order chi connectivity index (χ0) is 12.6. The van der Waals surface area contributed by atoms with E-state index in [1.807, 2.05) is 0 Å². The zero-order valence-corrected chi connectivity index (χ0v) is 9.37. The van der Waals surface area contributed by atoms with Gasteiger partial charge < -0.3 is 10.4 Å². The summed E-state index contributed by atoms with van der Waals surface area (Å²) >= 11 is 5.55. The summed E-state index contributed by atoms with van der Waals surface area (Å²) in [6, 6.07) is 3.80. The van der Waals surface area contributed by atoms with Gasteiger partial charge in [0.25, 0.3) is 0 Å². The smallest absolute Gasteiger partial charge is 0.307 e. The van der Waals surface area contributed by atoms with Gasteiger partial charge in [0.05, 0.1) is 16.9 Å². The van der Waals surface area contributed by atoms with Crippen LogP contribution in [0.15, 0.2) is 18.2 Å². The van der Waals surface area contributed by atoms with E-state index >= 15 is 0 Å². The summed E-state index contributed by atoms with van der Waals surface area (Å²) in [6.07, 6.45) is 0.343. The van der Waals surface area contributed by atoms with Crippen LogP contribution in [0.25, 0.3) is 0 Å². The number of rotatable bonds is 3. The normalized spacial score (nSPS) is 22.0. The third kappa shape index (κ3) is 2.55. The fourth-order valence-corrected chi connectivity index (χ4v) is 1.75. The van der Waals surface area contributed by atoms with E-state index in [0.29, 0.717) is 12.1 Å². The third-order valence-electron chi connectivity index (χ3n) is 2.63. The molecule has 1 fully saturated rings. The highest BCUT2D eigenvalue weighted by atomic mass is 35.5. The van der Waals surface area contributed by atoms with E-state index in [1.165, 1.54) is 12.1 Å². The Bertz CT molecular complexity index is 492. The molecule has 0 bridgehead atoms. The molecule has 1 amide bonds. The fraction of sp³-hybridized carbons (Fsp3) is 0.273. The first-order valence-electron chi connectivity index (χ1n) is 4.98. The van der Waals surface area contributed by atoms with E-state index in [2.05, 4.69) is 5.32 Å². The molecule has 1 aromatic rings. The monoisotopic (exact) mass is 257 g/mol. The third-order valence-corrected chi connectivity index (χ3v) is 2.92. The van der Waals surface area contributed by atoms with E-state index in [9.17, 15) is 14.0 Å². The predicted molar refractivity (Wildman–Crippen MR) is 59.3 cm³/mol. The summed E-state index contributed by atoms with van der Waals surface area (Å²) < 4.78 is 12.9. The first-order chi connectivity index (χ1) is 7.99. The van der Waals surface area contributed by atoms with Crippen LogP contribution in [0.1, 0.15) is 6.42 Å². The molecule has 17 heavy (non-hydrogen) atoms. The van der Waals surface area contributed by atoms with Crippen LogP contribution in [0.5, 0.6) is 0 Å². The number of amides is 1. The number of carboxylic acids is 1. The van der Waals surface area contributed by atoms with Crippen molar-refractivity contribution in [3.05, 3.63) is 29.0 Å². The molecule has 1 aliphatic carbocycles. The second kappa shape index (κ2) is 4.33. The van der Waals surface area contributed by atoms with Crippen LogP contribution < -0.4 is 5.32 Å². The Morgan fingerprint density at radius 2 is 2.12 bits per heavy atom. The predicted octanol–water partition coefficient (Wildman–Crippen LogP) is 2.14. The molecule has 2 rings (SSSR count). The Labute approximate surface area is 101 Å². The van der Waals surface area contributed by atoms with Crippen LogP contribution in [0.3, 0.4) is 0 Å². The second-order valence-electron chi connectivity index (χ2n) is 3.91. The highest BCUT2D eigenvalue weighted by Gasteiger charge is 2.48. The number of carbonyl (C=O) groups excluding carboxylic acids is 1. The van der Waals surface area contributed by atoms with Gasteiger partial charge in [0.15, 0.2) is 0 Å². The Hall–Kier alpha value is -1.62. The molecule has 0 heterocycles. The average molecular weight is 258 g/mol. The van der Waals surface area contributed by atoms with Crippen molar-refractivity contribution < 1.29 is 19.1 Å². The van der Waals surface area contributed by atoms with Crippen molar-refractivity contribution in [2.75, 3.05) is 5.32 Å². The topological polar surface area (TPSA) is 66.4 Å². The van der Waals surface area contributed by atoms with E-state index in [0.717, 1.165) is 6.07 Å². The minimum absolute atomic E-state index is 0.0895. The molecule has 2 atom stereocenters. The van der Waals surface area contributed by atoms with E-state index in [1.54, 1.807) is 0 Å². The maximum Gasteiger partial charge on any atom is 0.307 e. The Morgan fingerprint density at radius 3 is 2.65 bits per heavy atom. The van der Waals surface area contributed by atoms with Crippen LogP contribution >= 0.6 is 11.6 Å². The minimum atomic E-state index is -0.970. The molecular formula is C11H9ClFNO3. The lowest BCUT2D eigenvalue weighted by Gasteiger charge is -2.05. The van der Waals surface area contributed by atoms with Crippen LogP contribution in [0.2, 0.25) is 5.02 Å². The molecule has 0 radical (unpaired) electrons. The van der Waals surface area contributed by atoms with Gasteiger partial charge in [0.1, 0.15) is 5.82 Å². The number of hydrogen-bond acceptors (Lipinski definition) is 2. The molecule has 1 aliphatic rings. The number of aliphatic carboxylic acids is 1. The summed E-state index contributed by atoms with van der Waals surface area (Å²) in [6.45, 7) is 0. The first kappa shape index (κ1) is 11.9. The van der Waals surface area contributed by atoms with Crippen molar-refractivity contribution in [3.8, 4) is 0 Å². The molecule has 6 heteroatoms. The summed E-state index contributed by atoms with van der Waals surface area (Å²) in [7, 11) is 0. The summed E-state index contributed by atoms with van der Waals surface area (Å²) in [5, 5.41) is 11.1. The van der Waals surface area contributed by atoms with Crippen molar-refractivity contribution >= 4 is 29.2 Å². The lowest BCUT2D eigenvalue weighted by atomic mass is 10.2. The van der Waals surface area contributed by atoms with Gasteiger partial charge in [0.2, 0.25) is 5.91 Å². The van der Waals surface area contributed by atoms with Crippen LogP contribution in [-0.4, -0.2) is 17.0 Å². The lowest BCUT2D eigenvalue weighted by Crippen LogP contribution is -2.16. The van der Waals surface area contributed by atoms with Gasteiger partial charge in [-0.1, -0.05) is 11.6 Å². The van der Waals surface area contributed by atoms with E-state index in [4.69, 9.17) is 16.7 Å². The summed E-state index contributed by atoms with van der Waals surface area (Å²) in [5.74, 6) is -3.02. The molecule has 1 aromatic carbocycles. The average Bonchev–Trinajstić information content (AvgIpc) is 3.03. The largest absolute Gasteiger partial charge is 0.481 e. The summed E-state index contributed by atoms with van der Waals surface area (Å²) in [5.41, 5.74) is 0.359. The van der Waals surface area contributed by atoms with Gasteiger partial charge in [-0.3, -0.25) is 9.59 Å². The SMILES string of the molecule is O=C(O)[C@H]1C[C@H]1C(=O)Nc1ccc(F)c(Cl)c1. The van der Waals surface area contributed by atoms with Crippen LogP contribution in [-0.2, 0) is 9.59 Å². The van der Waals surface area contributed by atoms with Crippen molar-refractivity contribution in [2.45, 2.75) is 6.42 Å². The Kier molecular flexibility index (Phi) is 3.02. The number of benzene rings is 1. The Balaban J connectivity index is 2.00.